The second-order valence-electron chi connectivity index (χ2n) is 6.92. The van der Waals surface area contributed by atoms with E-state index in [4.69, 9.17) is 0 Å². The zero-order chi connectivity index (χ0) is 15.3. The smallest absolute Gasteiger partial charge is 0.0312 e. The molecule has 0 saturated carbocycles. The molecule has 1 fully saturated rings. The van der Waals surface area contributed by atoms with Gasteiger partial charge in [-0.05, 0) is 36.8 Å². The van der Waals surface area contributed by atoms with Gasteiger partial charge in [-0.2, -0.15) is 0 Å². The predicted octanol–water partition coefficient (Wildman–Crippen LogP) is 3.46. The number of piperazine rings is 1. The Labute approximate surface area is 130 Å². The van der Waals surface area contributed by atoms with Gasteiger partial charge in [0, 0.05) is 43.6 Å². The molecule has 1 aromatic rings. The van der Waals surface area contributed by atoms with E-state index in [2.05, 4.69) is 49.0 Å². The monoisotopic (exact) mass is 289 g/mol. The first-order valence-corrected chi connectivity index (χ1v) is 8.46. The molecule has 118 valence electrons. The first-order valence-electron chi connectivity index (χ1n) is 8.46. The van der Waals surface area contributed by atoms with Gasteiger partial charge in [-0.15, -0.1) is 0 Å². The van der Waals surface area contributed by atoms with Crippen LogP contribution in [0, 0.1) is 5.92 Å². The molecule has 0 aliphatic carbocycles. The Bertz CT molecular complexity index is 412. The fourth-order valence-corrected chi connectivity index (χ4v) is 3.45. The van der Waals surface area contributed by atoms with Crippen LogP contribution in [0.1, 0.15) is 52.5 Å². The molecular weight excluding hydrogens is 258 g/mol. The van der Waals surface area contributed by atoms with Crippen LogP contribution < -0.4 is 5.32 Å². The highest BCUT2D eigenvalue weighted by Gasteiger charge is 2.36. The van der Waals surface area contributed by atoms with Crippen LogP contribution in [-0.2, 0) is 6.54 Å². The maximum Gasteiger partial charge on any atom is 0.0312 e. The Morgan fingerprint density at radius 1 is 1.38 bits per heavy atom. The molecule has 0 aromatic carbocycles. The lowest BCUT2D eigenvalue weighted by Crippen LogP contribution is -2.63. The second kappa shape index (κ2) is 7.37. The summed E-state index contributed by atoms with van der Waals surface area (Å²) in [7, 11) is 0. The number of nitrogens with one attached hydrogen (secondary N) is 1. The summed E-state index contributed by atoms with van der Waals surface area (Å²) in [5.41, 5.74) is 1.62. The highest BCUT2D eigenvalue weighted by atomic mass is 15.3. The molecule has 3 heteroatoms. The van der Waals surface area contributed by atoms with Gasteiger partial charge in [0.15, 0.2) is 0 Å². The fourth-order valence-electron chi connectivity index (χ4n) is 3.45. The summed E-state index contributed by atoms with van der Waals surface area (Å²) >= 11 is 0. The lowest BCUT2D eigenvalue weighted by molar-refractivity contribution is 0.0560. The number of aromatic nitrogens is 1. The first-order chi connectivity index (χ1) is 10.1. The van der Waals surface area contributed by atoms with Gasteiger partial charge in [0.1, 0.15) is 0 Å². The number of rotatable bonds is 6. The van der Waals surface area contributed by atoms with Crippen molar-refractivity contribution in [1.82, 2.24) is 15.2 Å². The van der Waals surface area contributed by atoms with Gasteiger partial charge in [-0.25, -0.2) is 0 Å². The van der Waals surface area contributed by atoms with Crippen LogP contribution in [0.25, 0.3) is 0 Å². The zero-order valence-corrected chi connectivity index (χ0v) is 14.1. The summed E-state index contributed by atoms with van der Waals surface area (Å²) in [4.78, 5) is 6.95. The minimum absolute atomic E-state index is 0.287. The van der Waals surface area contributed by atoms with E-state index >= 15 is 0 Å². The molecule has 1 aliphatic heterocycles. The number of pyridine rings is 1. The van der Waals surface area contributed by atoms with Gasteiger partial charge >= 0.3 is 0 Å². The van der Waals surface area contributed by atoms with E-state index < -0.39 is 0 Å². The van der Waals surface area contributed by atoms with E-state index in [0.29, 0.717) is 6.04 Å². The molecule has 2 heterocycles. The molecule has 1 atom stereocenters. The Kier molecular flexibility index (Phi) is 5.77. The SMILES string of the molecule is CCC1(CC)CN(Cc2cccnc2)C(CC(C)C)CN1. The second-order valence-corrected chi connectivity index (χ2v) is 6.92. The molecular formula is C18H31N3. The molecule has 1 unspecified atom stereocenters. The summed E-state index contributed by atoms with van der Waals surface area (Å²) in [5.74, 6) is 0.740. The lowest BCUT2D eigenvalue weighted by Gasteiger charge is -2.48. The highest BCUT2D eigenvalue weighted by Crippen LogP contribution is 2.26. The third kappa shape index (κ3) is 4.27. The Balaban J connectivity index is 2.12. The van der Waals surface area contributed by atoms with Crippen molar-refractivity contribution in [2.75, 3.05) is 13.1 Å². The zero-order valence-electron chi connectivity index (χ0n) is 14.1. The largest absolute Gasteiger partial charge is 0.308 e. The third-order valence-corrected chi connectivity index (χ3v) is 4.94. The van der Waals surface area contributed by atoms with Crippen molar-refractivity contribution in [3.8, 4) is 0 Å². The van der Waals surface area contributed by atoms with Gasteiger partial charge in [-0.1, -0.05) is 33.8 Å². The van der Waals surface area contributed by atoms with Crippen molar-refractivity contribution in [2.24, 2.45) is 5.92 Å². The minimum atomic E-state index is 0.287. The molecule has 0 bridgehead atoms. The van der Waals surface area contributed by atoms with Crippen LogP contribution >= 0.6 is 0 Å². The summed E-state index contributed by atoms with van der Waals surface area (Å²) in [6.07, 6.45) is 7.52. The fraction of sp³-hybridized carbons (Fsp3) is 0.722. The van der Waals surface area contributed by atoms with E-state index in [9.17, 15) is 0 Å². The Hall–Kier alpha value is -0.930. The normalized spacial score (nSPS) is 22.6. The molecule has 0 radical (unpaired) electrons. The van der Waals surface area contributed by atoms with Crippen LogP contribution in [0.2, 0.25) is 0 Å². The van der Waals surface area contributed by atoms with Gasteiger partial charge in [0.05, 0.1) is 0 Å². The molecule has 0 amide bonds. The molecule has 3 nitrogen and oxygen atoms in total. The molecule has 1 N–H and O–H groups in total. The molecule has 21 heavy (non-hydrogen) atoms. The van der Waals surface area contributed by atoms with Gasteiger partial charge in [0.25, 0.3) is 0 Å². The van der Waals surface area contributed by atoms with Crippen molar-refractivity contribution in [3.05, 3.63) is 30.1 Å². The van der Waals surface area contributed by atoms with Crippen LogP contribution in [0.3, 0.4) is 0 Å². The third-order valence-electron chi connectivity index (χ3n) is 4.94. The predicted molar refractivity (Wildman–Crippen MR) is 89.2 cm³/mol. The summed E-state index contributed by atoms with van der Waals surface area (Å²) in [6.45, 7) is 12.5. The summed E-state index contributed by atoms with van der Waals surface area (Å²) in [5, 5.41) is 3.85. The van der Waals surface area contributed by atoms with Gasteiger partial charge < -0.3 is 5.32 Å². The van der Waals surface area contributed by atoms with Crippen molar-refractivity contribution in [1.29, 1.82) is 0 Å². The molecule has 1 aliphatic rings. The molecule has 2 rings (SSSR count). The Morgan fingerprint density at radius 2 is 2.14 bits per heavy atom. The Morgan fingerprint density at radius 3 is 2.71 bits per heavy atom. The average molecular weight is 289 g/mol. The van der Waals surface area contributed by atoms with Crippen molar-refractivity contribution >= 4 is 0 Å². The van der Waals surface area contributed by atoms with E-state index in [1.165, 1.54) is 24.8 Å². The van der Waals surface area contributed by atoms with Crippen LogP contribution in [0.4, 0.5) is 0 Å². The van der Waals surface area contributed by atoms with Crippen LogP contribution in [0.15, 0.2) is 24.5 Å². The van der Waals surface area contributed by atoms with Gasteiger partial charge in [-0.3, -0.25) is 9.88 Å². The van der Waals surface area contributed by atoms with Crippen molar-refractivity contribution in [3.63, 3.8) is 0 Å². The maximum atomic E-state index is 4.27. The summed E-state index contributed by atoms with van der Waals surface area (Å²) in [6, 6.07) is 4.87. The topological polar surface area (TPSA) is 28.2 Å². The van der Waals surface area contributed by atoms with Crippen LogP contribution in [0.5, 0.6) is 0 Å². The summed E-state index contributed by atoms with van der Waals surface area (Å²) < 4.78 is 0. The average Bonchev–Trinajstić information content (AvgIpc) is 2.50. The van der Waals surface area contributed by atoms with Crippen molar-refractivity contribution in [2.45, 2.75) is 65.1 Å². The highest BCUT2D eigenvalue weighted by molar-refractivity contribution is 5.10. The van der Waals surface area contributed by atoms with E-state index in [1.807, 2.05) is 18.5 Å². The minimum Gasteiger partial charge on any atom is -0.308 e. The number of nitrogens with zero attached hydrogens (tertiary/aromatic N) is 2. The quantitative estimate of drug-likeness (QED) is 0.869. The molecule has 0 spiro atoms. The lowest BCUT2D eigenvalue weighted by atomic mass is 9.86. The molecule has 1 aromatic heterocycles. The van der Waals surface area contributed by atoms with Crippen molar-refractivity contribution < 1.29 is 0 Å². The van der Waals surface area contributed by atoms with Crippen LogP contribution in [-0.4, -0.2) is 34.6 Å². The standard InChI is InChI=1S/C18H31N3/c1-5-18(6-2)14-21(13-16-8-7-9-19-11-16)17(12-20-18)10-15(3)4/h7-9,11,15,17,20H,5-6,10,12-14H2,1-4H3. The van der Waals surface area contributed by atoms with E-state index in [0.717, 1.165) is 25.6 Å². The number of hydrogen-bond donors (Lipinski definition) is 1. The molecule has 1 saturated heterocycles. The first kappa shape index (κ1) is 16.4. The van der Waals surface area contributed by atoms with Gasteiger partial charge in [0.2, 0.25) is 0 Å². The number of hydrogen-bond acceptors (Lipinski definition) is 3. The van der Waals surface area contributed by atoms with E-state index in [1.54, 1.807) is 0 Å². The maximum absolute atomic E-state index is 4.27. The van der Waals surface area contributed by atoms with E-state index in [-0.39, 0.29) is 5.54 Å².